The molecule has 1 aliphatic carbocycles. The molecule has 0 aromatic carbocycles. The van der Waals surface area contributed by atoms with Crippen molar-refractivity contribution in [2.75, 3.05) is 18.0 Å². The smallest absolute Gasteiger partial charge is 0.225 e. The van der Waals surface area contributed by atoms with Crippen LogP contribution < -0.4 is 10.2 Å². The number of aryl methyl sites for hydroxylation is 1. The molecule has 0 spiro atoms. The number of amides is 1. The first-order chi connectivity index (χ1) is 13.1. The molecule has 3 heterocycles. The molecule has 1 aliphatic heterocycles. The summed E-state index contributed by atoms with van der Waals surface area (Å²) in [6.45, 7) is 5.79. The predicted molar refractivity (Wildman–Crippen MR) is 106 cm³/mol. The average molecular weight is 387 g/mol. The first-order valence-electron chi connectivity index (χ1n) is 9.66. The lowest BCUT2D eigenvalue weighted by atomic mass is 9.92. The van der Waals surface area contributed by atoms with Crippen molar-refractivity contribution in [1.82, 2.24) is 15.3 Å². The van der Waals surface area contributed by atoms with Gasteiger partial charge in [0.1, 0.15) is 0 Å². The van der Waals surface area contributed by atoms with Crippen LogP contribution in [-0.2, 0) is 22.4 Å². The lowest BCUT2D eigenvalue weighted by Crippen LogP contribution is -2.46. The van der Waals surface area contributed by atoms with Gasteiger partial charge < -0.3 is 15.0 Å². The highest BCUT2D eigenvalue weighted by molar-refractivity contribution is 7.10. The molecule has 1 amide bonds. The highest BCUT2D eigenvalue weighted by Crippen LogP contribution is 2.30. The van der Waals surface area contributed by atoms with Gasteiger partial charge in [-0.2, -0.15) is 0 Å². The molecule has 0 radical (unpaired) electrons. The number of aromatic nitrogens is 2. The van der Waals surface area contributed by atoms with E-state index in [4.69, 9.17) is 9.72 Å². The quantitative estimate of drug-likeness (QED) is 0.875. The minimum atomic E-state index is 0.0119. The van der Waals surface area contributed by atoms with E-state index in [9.17, 15) is 4.79 Å². The molecule has 6 nitrogen and oxygen atoms in total. The van der Waals surface area contributed by atoms with Gasteiger partial charge in [-0.1, -0.05) is 6.07 Å². The summed E-state index contributed by atoms with van der Waals surface area (Å²) in [5.74, 6) is 0.844. The molecular weight excluding hydrogens is 360 g/mol. The third-order valence-electron chi connectivity index (χ3n) is 5.12. The molecule has 27 heavy (non-hydrogen) atoms. The van der Waals surface area contributed by atoms with Crippen molar-refractivity contribution in [3.8, 4) is 0 Å². The summed E-state index contributed by atoms with van der Waals surface area (Å²) in [6, 6.07) is 3.99. The van der Waals surface area contributed by atoms with E-state index in [-0.39, 0.29) is 24.2 Å². The molecule has 144 valence electrons. The number of rotatable bonds is 4. The Labute approximate surface area is 164 Å². The van der Waals surface area contributed by atoms with E-state index < -0.39 is 0 Å². The molecule has 0 saturated carbocycles. The normalized spacial score (nSPS) is 25.1. The Morgan fingerprint density at radius 1 is 1.37 bits per heavy atom. The number of fused-ring (bicyclic) bond motifs is 1. The van der Waals surface area contributed by atoms with Gasteiger partial charge in [0.05, 0.1) is 30.4 Å². The highest BCUT2D eigenvalue weighted by atomic mass is 32.1. The Morgan fingerprint density at radius 3 is 2.93 bits per heavy atom. The first-order valence-corrected chi connectivity index (χ1v) is 10.5. The molecule has 2 aliphatic rings. The number of nitrogens with one attached hydrogen (secondary N) is 1. The number of thiophene rings is 1. The van der Waals surface area contributed by atoms with E-state index in [0.29, 0.717) is 6.42 Å². The molecule has 4 rings (SSSR count). The fraction of sp³-hybridized carbons (Fsp3) is 0.550. The van der Waals surface area contributed by atoms with Crippen molar-refractivity contribution >= 4 is 23.2 Å². The molecular formula is C20H26N4O2S. The first kappa shape index (κ1) is 18.4. The van der Waals surface area contributed by atoms with Gasteiger partial charge in [0.25, 0.3) is 0 Å². The third-order valence-corrected chi connectivity index (χ3v) is 6.00. The van der Waals surface area contributed by atoms with Gasteiger partial charge in [-0.25, -0.2) is 9.97 Å². The van der Waals surface area contributed by atoms with Crippen LogP contribution in [0.5, 0.6) is 0 Å². The summed E-state index contributed by atoms with van der Waals surface area (Å²) >= 11 is 1.62. The van der Waals surface area contributed by atoms with E-state index in [2.05, 4.69) is 29.0 Å². The second-order valence-electron chi connectivity index (χ2n) is 7.50. The van der Waals surface area contributed by atoms with Crippen LogP contribution in [0.25, 0.3) is 0 Å². The monoisotopic (exact) mass is 386 g/mol. The molecule has 0 unspecified atom stereocenters. The Bertz CT molecular complexity index is 785. The Kier molecular flexibility index (Phi) is 5.41. The van der Waals surface area contributed by atoms with Crippen molar-refractivity contribution in [2.24, 2.45) is 0 Å². The molecule has 7 heteroatoms. The Hall–Kier alpha value is -1.99. The van der Waals surface area contributed by atoms with Crippen LogP contribution in [-0.4, -0.2) is 41.2 Å². The van der Waals surface area contributed by atoms with Gasteiger partial charge in [0.2, 0.25) is 11.9 Å². The van der Waals surface area contributed by atoms with Crippen molar-refractivity contribution in [2.45, 2.75) is 57.8 Å². The maximum Gasteiger partial charge on any atom is 0.225 e. The van der Waals surface area contributed by atoms with Gasteiger partial charge in [0, 0.05) is 29.7 Å². The van der Waals surface area contributed by atoms with E-state index >= 15 is 0 Å². The molecule has 1 N–H and O–H groups in total. The largest absolute Gasteiger partial charge is 0.372 e. The van der Waals surface area contributed by atoms with Crippen LogP contribution in [0.15, 0.2) is 23.7 Å². The number of hydrogen-bond donors (Lipinski definition) is 1. The van der Waals surface area contributed by atoms with Gasteiger partial charge >= 0.3 is 0 Å². The van der Waals surface area contributed by atoms with Gasteiger partial charge in [-0.3, -0.25) is 4.79 Å². The van der Waals surface area contributed by atoms with Gasteiger partial charge in [-0.15, -0.1) is 11.3 Å². The van der Waals surface area contributed by atoms with Crippen LogP contribution >= 0.6 is 11.3 Å². The van der Waals surface area contributed by atoms with E-state index in [1.807, 2.05) is 23.7 Å². The van der Waals surface area contributed by atoms with Crippen LogP contribution in [0.3, 0.4) is 0 Å². The molecule has 1 fully saturated rings. The molecule has 2 aromatic rings. The maximum absolute atomic E-state index is 12.4. The second kappa shape index (κ2) is 7.94. The Balaban J connectivity index is 1.47. The lowest BCUT2D eigenvalue weighted by Gasteiger charge is -2.36. The van der Waals surface area contributed by atoms with Crippen molar-refractivity contribution in [3.63, 3.8) is 0 Å². The van der Waals surface area contributed by atoms with Gasteiger partial charge in [-0.05, 0) is 44.6 Å². The number of anilines is 1. The van der Waals surface area contributed by atoms with Crippen molar-refractivity contribution in [1.29, 1.82) is 0 Å². The summed E-state index contributed by atoms with van der Waals surface area (Å²) in [5.41, 5.74) is 2.14. The van der Waals surface area contributed by atoms with E-state index in [1.54, 1.807) is 11.3 Å². The standard InChI is InChI=1S/C20H26N4O2S/c1-13-11-24(12-14(2)26-13)20-21-10-16-17(6-3-7-18(16)23-20)22-19(25)9-15-5-4-8-27-15/h4-5,8,10,13-14,17H,3,6-7,9,11-12H2,1-2H3,(H,22,25)/t13-,14-,17+/m1/s1. The average Bonchev–Trinajstić information content (AvgIpc) is 3.13. The topological polar surface area (TPSA) is 67.4 Å². The highest BCUT2D eigenvalue weighted by Gasteiger charge is 2.27. The summed E-state index contributed by atoms with van der Waals surface area (Å²) in [4.78, 5) is 25.2. The number of carbonyl (C=O) groups excluding carboxylic acids is 1. The zero-order chi connectivity index (χ0) is 18.8. The van der Waals surface area contributed by atoms with Crippen LogP contribution in [0.2, 0.25) is 0 Å². The van der Waals surface area contributed by atoms with Crippen LogP contribution in [0.1, 0.15) is 48.9 Å². The molecule has 1 saturated heterocycles. The third kappa shape index (κ3) is 4.30. The summed E-state index contributed by atoms with van der Waals surface area (Å²) < 4.78 is 5.81. The number of carbonyl (C=O) groups is 1. The minimum absolute atomic E-state index is 0.0119. The van der Waals surface area contributed by atoms with Crippen molar-refractivity contribution in [3.05, 3.63) is 39.8 Å². The predicted octanol–water partition coefficient (Wildman–Crippen LogP) is 2.89. The fourth-order valence-electron chi connectivity index (χ4n) is 4.00. The van der Waals surface area contributed by atoms with Crippen LogP contribution in [0, 0.1) is 0 Å². The number of ether oxygens (including phenoxy) is 1. The number of hydrogen-bond acceptors (Lipinski definition) is 6. The zero-order valence-corrected chi connectivity index (χ0v) is 16.7. The fourth-order valence-corrected chi connectivity index (χ4v) is 4.70. The molecule has 3 atom stereocenters. The lowest BCUT2D eigenvalue weighted by molar-refractivity contribution is -0.121. The maximum atomic E-state index is 12.4. The second-order valence-corrected chi connectivity index (χ2v) is 8.54. The Morgan fingerprint density at radius 2 is 2.19 bits per heavy atom. The molecule has 0 bridgehead atoms. The SMILES string of the molecule is C[C@@H]1CN(c2ncc3c(n2)CCC[C@@H]3NC(=O)Cc2cccs2)C[C@@H](C)O1. The number of morpholine rings is 1. The molecule has 2 aromatic heterocycles. The van der Waals surface area contributed by atoms with Crippen LogP contribution in [0.4, 0.5) is 5.95 Å². The van der Waals surface area contributed by atoms with E-state index in [0.717, 1.165) is 54.4 Å². The number of nitrogens with zero attached hydrogens (tertiary/aromatic N) is 3. The van der Waals surface area contributed by atoms with Crippen molar-refractivity contribution < 1.29 is 9.53 Å². The minimum Gasteiger partial charge on any atom is -0.372 e. The summed E-state index contributed by atoms with van der Waals surface area (Å²) in [5, 5.41) is 5.18. The van der Waals surface area contributed by atoms with E-state index in [1.165, 1.54) is 0 Å². The summed E-state index contributed by atoms with van der Waals surface area (Å²) in [7, 11) is 0. The van der Waals surface area contributed by atoms with Gasteiger partial charge in [0.15, 0.2) is 0 Å². The summed E-state index contributed by atoms with van der Waals surface area (Å²) in [6.07, 6.45) is 5.62. The zero-order valence-electron chi connectivity index (χ0n) is 15.9.